The third kappa shape index (κ3) is 6.42. The number of benzene rings is 1. The van der Waals surface area contributed by atoms with Crippen LogP contribution in [0.15, 0.2) is 35.3 Å². The van der Waals surface area contributed by atoms with Crippen LogP contribution in [0, 0.1) is 5.92 Å². The van der Waals surface area contributed by atoms with Crippen molar-refractivity contribution >= 4 is 11.6 Å². The van der Waals surface area contributed by atoms with Crippen molar-refractivity contribution < 1.29 is 0 Å². The Morgan fingerprint density at radius 1 is 1.15 bits per heavy atom. The highest BCUT2D eigenvalue weighted by molar-refractivity contribution is 5.79. The summed E-state index contributed by atoms with van der Waals surface area (Å²) in [5.41, 5.74) is 1.31. The van der Waals surface area contributed by atoms with Crippen molar-refractivity contribution in [1.29, 1.82) is 0 Å². The van der Waals surface area contributed by atoms with Crippen molar-refractivity contribution in [3.8, 4) is 0 Å². The van der Waals surface area contributed by atoms with E-state index in [1.54, 1.807) is 0 Å². The molecule has 0 bridgehead atoms. The van der Waals surface area contributed by atoms with Crippen LogP contribution in [0.3, 0.4) is 0 Å². The van der Waals surface area contributed by atoms with E-state index in [0.29, 0.717) is 0 Å². The zero-order valence-electron chi connectivity index (χ0n) is 17.2. The smallest absolute Gasteiger partial charge is 0.191 e. The largest absolute Gasteiger partial charge is 0.372 e. The Kier molecular flexibility index (Phi) is 7.81. The molecule has 0 spiro atoms. The number of hydrogen-bond donors (Lipinski definition) is 2. The highest BCUT2D eigenvalue weighted by Gasteiger charge is 2.34. The van der Waals surface area contributed by atoms with Gasteiger partial charge in [0.25, 0.3) is 0 Å². The molecular weight excluding hydrogens is 334 g/mol. The molecule has 2 fully saturated rings. The first kappa shape index (κ1) is 20.0. The van der Waals surface area contributed by atoms with Gasteiger partial charge in [-0.15, -0.1) is 0 Å². The lowest BCUT2D eigenvalue weighted by molar-refractivity contribution is 0.315. The van der Waals surface area contributed by atoms with E-state index in [2.05, 4.69) is 64.6 Å². The zero-order chi connectivity index (χ0) is 18.9. The minimum Gasteiger partial charge on any atom is -0.372 e. The Balaban J connectivity index is 1.38. The van der Waals surface area contributed by atoms with E-state index in [1.165, 1.54) is 38.0 Å². The van der Waals surface area contributed by atoms with E-state index in [9.17, 15) is 0 Å². The molecule has 1 saturated carbocycles. The number of hydrogen-bond acceptors (Lipinski definition) is 3. The fraction of sp³-hybridized carbons (Fsp3) is 0.682. The maximum Gasteiger partial charge on any atom is 0.191 e. The molecule has 0 radical (unpaired) electrons. The average Bonchev–Trinajstić information content (AvgIpc) is 3.45. The molecule has 5 heteroatoms. The predicted molar refractivity (Wildman–Crippen MR) is 116 cm³/mol. The monoisotopic (exact) mass is 371 g/mol. The van der Waals surface area contributed by atoms with Crippen molar-refractivity contribution in [1.82, 2.24) is 15.5 Å². The molecule has 1 aromatic carbocycles. The zero-order valence-corrected chi connectivity index (χ0v) is 17.2. The van der Waals surface area contributed by atoms with Crippen molar-refractivity contribution in [2.45, 2.75) is 45.6 Å². The first-order valence-electron chi connectivity index (χ1n) is 10.9. The van der Waals surface area contributed by atoms with Crippen LogP contribution in [0.1, 0.15) is 39.5 Å². The number of para-hydroxylation sites is 1. The summed E-state index contributed by atoms with van der Waals surface area (Å²) < 4.78 is 0. The summed E-state index contributed by atoms with van der Waals surface area (Å²) in [4.78, 5) is 9.96. The van der Waals surface area contributed by atoms with Gasteiger partial charge in [-0.2, -0.15) is 0 Å². The SMILES string of the molecule is CCNC(=NCC1CCN(C2CC2)C1)NCCCN(CC)c1ccccc1. The summed E-state index contributed by atoms with van der Waals surface area (Å²) in [7, 11) is 0. The first-order chi connectivity index (χ1) is 13.3. The Hall–Kier alpha value is -1.75. The van der Waals surface area contributed by atoms with Gasteiger partial charge in [-0.05, 0) is 64.1 Å². The topological polar surface area (TPSA) is 42.9 Å². The van der Waals surface area contributed by atoms with Crippen LogP contribution in [0.4, 0.5) is 5.69 Å². The number of rotatable bonds is 10. The van der Waals surface area contributed by atoms with Crippen LogP contribution in [0.5, 0.6) is 0 Å². The lowest BCUT2D eigenvalue weighted by Gasteiger charge is -2.23. The van der Waals surface area contributed by atoms with Crippen LogP contribution < -0.4 is 15.5 Å². The van der Waals surface area contributed by atoms with E-state index in [1.807, 2.05) is 0 Å². The molecule has 3 rings (SSSR count). The predicted octanol–water partition coefficient (Wildman–Crippen LogP) is 2.94. The van der Waals surface area contributed by atoms with Gasteiger partial charge >= 0.3 is 0 Å². The Morgan fingerprint density at radius 2 is 1.96 bits per heavy atom. The van der Waals surface area contributed by atoms with Gasteiger partial charge in [-0.1, -0.05) is 18.2 Å². The molecule has 1 saturated heterocycles. The fourth-order valence-electron chi connectivity index (χ4n) is 3.93. The van der Waals surface area contributed by atoms with E-state index in [0.717, 1.165) is 57.1 Å². The second kappa shape index (κ2) is 10.5. The van der Waals surface area contributed by atoms with E-state index < -0.39 is 0 Å². The van der Waals surface area contributed by atoms with Crippen LogP contribution in [0.2, 0.25) is 0 Å². The maximum absolute atomic E-state index is 4.86. The summed E-state index contributed by atoms with van der Waals surface area (Å²) in [6.07, 6.45) is 5.24. The molecule has 27 heavy (non-hydrogen) atoms. The molecule has 1 aromatic rings. The molecule has 0 aromatic heterocycles. The molecule has 1 aliphatic carbocycles. The number of nitrogens with one attached hydrogen (secondary N) is 2. The molecule has 5 nitrogen and oxygen atoms in total. The van der Waals surface area contributed by atoms with E-state index >= 15 is 0 Å². The van der Waals surface area contributed by atoms with Gasteiger partial charge in [-0.25, -0.2) is 0 Å². The fourth-order valence-corrected chi connectivity index (χ4v) is 3.93. The molecule has 1 atom stereocenters. The third-order valence-electron chi connectivity index (χ3n) is 5.63. The van der Waals surface area contributed by atoms with Gasteiger partial charge in [0, 0.05) is 51.0 Å². The van der Waals surface area contributed by atoms with Crippen LogP contribution in [-0.4, -0.2) is 62.7 Å². The van der Waals surface area contributed by atoms with Gasteiger partial charge in [0.2, 0.25) is 0 Å². The Bertz CT molecular complexity index is 569. The standard InChI is InChI=1S/C22H37N5/c1-3-23-22(25-17-19-13-16-27(18-19)21-11-12-21)24-14-8-15-26(4-2)20-9-6-5-7-10-20/h5-7,9-10,19,21H,3-4,8,11-18H2,1-2H3,(H2,23,24,25). The maximum atomic E-state index is 4.86. The van der Waals surface area contributed by atoms with Gasteiger partial charge in [0.05, 0.1) is 0 Å². The first-order valence-corrected chi connectivity index (χ1v) is 10.9. The van der Waals surface area contributed by atoms with E-state index in [4.69, 9.17) is 4.99 Å². The summed E-state index contributed by atoms with van der Waals surface area (Å²) in [6, 6.07) is 11.6. The number of nitrogens with zero attached hydrogens (tertiary/aromatic N) is 3. The average molecular weight is 372 g/mol. The van der Waals surface area contributed by atoms with Gasteiger partial charge in [0.1, 0.15) is 0 Å². The van der Waals surface area contributed by atoms with Crippen molar-refractivity contribution in [2.75, 3.05) is 50.7 Å². The van der Waals surface area contributed by atoms with E-state index in [-0.39, 0.29) is 0 Å². The molecule has 2 aliphatic rings. The third-order valence-corrected chi connectivity index (χ3v) is 5.63. The normalized spacial score (nSPS) is 20.7. The molecule has 150 valence electrons. The molecule has 2 N–H and O–H groups in total. The van der Waals surface area contributed by atoms with Gasteiger partial charge in [-0.3, -0.25) is 4.99 Å². The van der Waals surface area contributed by atoms with Crippen LogP contribution in [0.25, 0.3) is 0 Å². The second-order valence-electron chi connectivity index (χ2n) is 7.80. The lowest BCUT2D eigenvalue weighted by atomic mass is 10.1. The molecule has 1 unspecified atom stereocenters. The van der Waals surface area contributed by atoms with Crippen LogP contribution >= 0.6 is 0 Å². The number of aliphatic imine (C=N–C) groups is 1. The summed E-state index contributed by atoms with van der Waals surface area (Å²) >= 11 is 0. The molecule has 0 amide bonds. The quantitative estimate of drug-likeness (QED) is 0.377. The highest BCUT2D eigenvalue weighted by atomic mass is 15.2. The lowest BCUT2D eigenvalue weighted by Crippen LogP contribution is -2.39. The summed E-state index contributed by atoms with van der Waals surface area (Å²) in [5, 5.41) is 6.92. The molecule has 1 aliphatic heterocycles. The Labute approximate surface area is 165 Å². The van der Waals surface area contributed by atoms with Gasteiger partial charge < -0.3 is 20.4 Å². The Morgan fingerprint density at radius 3 is 2.67 bits per heavy atom. The minimum atomic E-state index is 0.731. The van der Waals surface area contributed by atoms with Crippen molar-refractivity contribution in [3.05, 3.63) is 30.3 Å². The second-order valence-corrected chi connectivity index (χ2v) is 7.80. The summed E-state index contributed by atoms with van der Waals surface area (Å²) in [5.74, 6) is 1.71. The van der Waals surface area contributed by atoms with Crippen molar-refractivity contribution in [3.63, 3.8) is 0 Å². The van der Waals surface area contributed by atoms with Crippen LogP contribution in [-0.2, 0) is 0 Å². The molecular formula is C22H37N5. The number of likely N-dealkylation sites (tertiary alicyclic amines) is 1. The summed E-state index contributed by atoms with van der Waals surface area (Å²) in [6.45, 7) is 11.8. The van der Waals surface area contributed by atoms with Crippen molar-refractivity contribution in [2.24, 2.45) is 10.9 Å². The van der Waals surface area contributed by atoms with Gasteiger partial charge in [0.15, 0.2) is 5.96 Å². The number of anilines is 1. The highest BCUT2D eigenvalue weighted by Crippen LogP contribution is 2.31. The number of guanidine groups is 1. The molecule has 1 heterocycles. The minimum absolute atomic E-state index is 0.731.